The van der Waals surface area contributed by atoms with Crippen molar-refractivity contribution in [2.75, 3.05) is 6.67 Å². The highest BCUT2D eigenvalue weighted by atomic mass is 35.5. The van der Waals surface area contributed by atoms with Gasteiger partial charge in [-0.2, -0.15) is 18.3 Å². The SMILES string of the molecule is C[C@]1(C(=O)O)CC[C@H](n2ncc(C(=O)NC(CC(=O)c3c(Cl)cncc3Cl)C3(CF)CCC3)c2C(F)(F)F)CC1. The van der Waals surface area contributed by atoms with Gasteiger partial charge in [0.25, 0.3) is 5.91 Å². The minimum atomic E-state index is -4.96. The molecule has 2 aliphatic rings. The Morgan fingerprint density at radius 1 is 1.12 bits per heavy atom. The predicted octanol–water partition coefficient (Wildman–Crippen LogP) is 6.32. The van der Waals surface area contributed by atoms with Crippen LogP contribution < -0.4 is 5.32 Å². The van der Waals surface area contributed by atoms with E-state index >= 15 is 0 Å². The number of nitrogens with one attached hydrogen (secondary N) is 1. The molecule has 1 unspecified atom stereocenters. The maximum Gasteiger partial charge on any atom is 0.433 e. The highest BCUT2D eigenvalue weighted by Crippen LogP contribution is 2.47. The summed E-state index contributed by atoms with van der Waals surface area (Å²) in [5, 5.41) is 15.7. The molecule has 0 aliphatic heterocycles. The molecule has 1 atom stereocenters. The van der Waals surface area contributed by atoms with E-state index < -0.39 is 71.1 Å². The summed E-state index contributed by atoms with van der Waals surface area (Å²) in [5.74, 6) is -2.78. The first-order valence-electron chi connectivity index (χ1n) is 12.8. The standard InChI is InChI=1S/C26H28Cl2F4N4O4/c1-24(23(39)40)7-3-14(4-8-24)36-21(26(30,31)32)15(10-34-36)22(38)35-19(25(13-29)5-2-6-25)9-18(37)20-16(27)11-33-12-17(20)28/h10-12,14,19H,2-9,13H2,1H3,(H,35,38)(H,39,40)/t14-,19?,24-. The summed E-state index contributed by atoms with van der Waals surface area (Å²) in [6, 6.07) is -1.90. The first-order valence-corrected chi connectivity index (χ1v) is 13.5. The van der Waals surface area contributed by atoms with Crippen molar-refractivity contribution in [1.29, 1.82) is 0 Å². The first-order chi connectivity index (χ1) is 18.7. The molecule has 2 heterocycles. The van der Waals surface area contributed by atoms with Crippen LogP contribution in [-0.4, -0.2) is 50.2 Å². The number of hydrogen-bond donors (Lipinski definition) is 2. The van der Waals surface area contributed by atoms with Crippen LogP contribution in [0.25, 0.3) is 0 Å². The Bertz CT molecular complexity index is 1280. The van der Waals surface area contributed by atoms with Gasteiger partial charge in [0.05, 0.1) is 45.5 Å². The third-order valence-corrected chi connectivity index (χ3v) is 8.98. The number of hydrogen-bond acceptors (Lipinski definition) is 5. The molecule has 2 N–H and O–H groups in total. The number of aliphatic carboxylic acids is 1. The minimum absolute atomic E-state index is 0.0439. The Morgan fingerprint density at radius 3 is 2.20 bits per heavy atom. The van der Waals surface area contributed by atoms with Gasteiger partial charge in [0.15, 0.2) is 11.5 Å². The van der Waals surface area contributed by atoms with E-state index in [4.69, 9.17) is 23.2 Å². The van der Waals surface area contributed by atoms with Crippen LogP contribution in [0.3, 0.4) is 0 Å². The molecular formula is C26H28Cl2F4N4O4. The summed E-state index contributed by atoms with van der Waals surface area (Å²) in [6.45, 7) is 0.659. The summed E-state index contributed by atoms with van der Waals surface area (Å²) in [5.41, 5.74) is -4.28. The zero-order valence-corrected chi connectivity index (χ0v) is 23.0. The number of carboxylic acids is 1. The summed E-state index contributed by atoms with van der Waals surface area (Å²) < 4.78 is 57.9. The number of carbonyl (C=O) groups excluding carboxylic acids is 2. The molecule has 2 aromatic heterocycles. The molecule has 4 rings (SSSR count). The van der Waals surface area contributed by atoms with E-state index in [1.165, 1.54) is 12.4 Å². The van der Waals surface area contributed by atoms with Gasteiger partial charge in [0.2, 0.25) is 0 Å². The predicted molar refractivity (Wildman–Crippen MR) is 137 cm³/mol. The number of halogens is 6. The average Bonchev–Trinajstić information content (AvgIpc) is 3.30. The van der Waals surface area contributed by atoms with Crippen molar-refractivity contribution in [3.63, 3.8) is 0 Å². The van der Waals surface area contributed by atoms with Crippen LogP contribution in [-0.2, 0) is 11.0 Å². The second kappa shape index (κ2) is 11.3. The molecular weight excluding hydrogens is 579 g/mol. The van der Waals surface area contributed by atoms with Gasteiger partial charge in [0, 0.05) is 30.3 Å². The van der Waals surface area contributed by atoms with Crippen LogP contribution in [0.1, 0.15) is 90.7 Å². The molecule has 0 bridgehead atoms. The van der Waals surface area contributed by atoms with Crippen molar-refractivity contribution in [3.05, 3.63) is 45.5 Å². The molecule has 14 heteroatoms. The lowest BCUT2D eigenvalue weighted by Gasteiger charge is -2.46. The lowest BCUT2D eigenvalue weighted by molar-refractivity contribution is -0.152. The molecule has 2 aliphatic carbocycles. The van der Waals surface area contributed by atoms with Crippen molar-refractivity contribution in [2.24, 2.45) is 10.8 Å². The second-order valence-corrected chi connectivity index (χ2v) is 11.7. The van der Waals surface area contributed by atoms with Gasteiger partial charge in [-0.3, -0.25) is 28.4 Å². The summed E-state index contributed by atoms with van der Waals surface area (Å²) >= 11 is 12.2. The van der Waals surface area contributed by atoms with Gasteiger partial charge in [0.1, 0.15) is 0 Å². The quantitative estimate of drug-likeness (QED) is 0.255. The highest BCUT2D eigenvalue weighted by Gasteiger charge is 2.48. The molecule has 1 amide bonds. The molecule has 2 saturated carbocycles. The molecule has 2 aromatic rings. The van der Waals surface area contributed by atoms with Gasteiger partial charge in [-0.05, 0) is 45.4 Å². The van der Waals surface area contributed by atoms with Crippen LogP contribution in [0.15, 0.2) is 18.6 Å². The van der Waals surface area contributed by atoms with Crippen LogP contribution in [0.5, 0.6) is 0 Å². The molecule has 218 valence electrons. The molecule has 0 spiro atoms. The highest BCUT2D eigenvalue weighted by molar-refractivity contribution is 6.39. The smallest absolute Gasteiger partial charge is 0.433 e. The Kier molecular flexibility index (Phi) is 8.52. The Morgan fingerprint density at radius 2 is 1.73 bits per heavy atom. The lowest BCUT2D eigenvalue weighted by Crippen LogP contribution is -2.53. The zero-order valence-electron chi connectivity index (χ0n) is 21.5. The fourth-order valence-corrected chi connectivity index (χ4v) is 6.19. The van der Waals surface area contributed by atoms with E-state index in [-0.39, 0.29) is 41.3 Å². The second-order valence-electron chi connectivity index (χ2n) is 10.9. The van der Waals surface area contributed by atoms with E-state index in [1.807, 2.05) is 0 Å². The molecule has 8 nitrogen and oxygen atoms in total. The number of pyridine rings is 1. The lowest BCUT2D eigenvalue weighted by atomic mass is 9.63. The van der Waals surface area contributed by atoms with Gasteiger partial charge in [-0.1, -0.05) is 29.6 Å². The van der Waals surface area contributed by atoms with E-state index in [0.29, 0.717) is 19.3 Å². The normalized spacial score (nSPS) is 23.2. The maximum atomic E-state index is 14.3. The van der Waals surface area contributed by atoms with E-state index in [9.17, 15) is 37.1 Å². The minimum Gasteiger partial charge on any atom is -0.481 e. The van der Waals surface area contributed by atoms with E-state index in [2.05, 4.69) is 15.4 Å². The number of ketones is 1. The molecule has 40 heavy (non-hydrogen) atoms. The third-order valence-electron chi connectivity index (χ3n) is 8.41. The fourth-order valence-electron chi connectivity index (χ4n) is 5.61. The topological polar surface area (TPSA) is 114 Å². The number of aromatic nitrogens is 3. The molecule has 0 saturated heterocycles. The number of Topliss-reactive ketones (excluding diaryl/α,β-unsaturated/α-hetero) is 1. The molecule has 0 radical (unpaired) electrons. The number of rotatable bonds is 9. The average molecular weight is 607 g/mol. The Balaban J connectivity index is 1.62. The van der Waals surface area contributed by atoms with Crippen LogP contribution in [0.4, 0.5) is 17.6 Å². The van der Waals surface area contributed by atoms with Crippen molar-refractivity contribution in [2.45, 2.75) is 76.6 Å². The van der Waals surface area contributed by atoms with Crippen molar-refractivity contribution < 1.29 is 37.1 Å². The van der Waals surface area contributed by atoms with Crippen molar-refractivity contribution in [3.8, 4) is 0 Å². The fraction of sp³-hybridized carbons (Fsp3) is 0.577. The monoisotopic (exact) mass is 606 g/mol. The van der Waals surface area contributed by atoms with Crippen LogP contribution in [0, 0.1) is 10.8 Å². The van der Waals surface area contributed by atoms with Crippen LogP contribution in [0.2, 0.25) is 10.0 Å². The number of carboxylic acid groups (broad SMARTS) is 1. The van der Waals surface area contributed by atoms with Gasteiger partial charge in [-0.15, -0.1) is 0 Å². The largest absolute Gasteiger partial charge is 0.481 e. The van der Waals surface area contributed by atoms with Crippen LogP contribution >= 0.6 is 23.2 Å². The summed E-state index contributed by atoms with van der Waals surface area (Å²) in [4.78, 5) is 41.8. The van der Waals surface area contributed by atoms with Crippen molar-refractivity contribution >= 4 is 40.9 Å². The first kappa shape index (κ1) is 30.2. The molecule has 0 aromatic carbocycles. The van der Waals surface area contributed by atoms with Gasteiger partial charge >= 0.3 is 12.1 Å². The molecule has 2 fully saturated rings. The van der Waals surface area contributed by atoms with E-state index in [1.54, 1.807) is 6.92 Å². The summed E-state index contributed by atoms with van der Waals surface area (Å²) in [6.07, 6.45) is -0.346. The number of nitrogens with zero attached hydrogens (tertiary/aromatic N) is 3. The zero-order chi connectivity index (χ0) is 29.5. The maximum absolute atomic E-state index is 14.3. The van der Waals surface area contributed by atoms with Crippen molar-refractivity contribution in [1.82, 2.24) is 20.1 Å². The summed E-state index contributed by atoms with van der Waals surface area (Å²) in [7, 11) is 0. The number of alkyl halides is 4. The van der Waals surface area contributed by atoms with Gasteiger partial charge < -0.3 is 10.4 Å². The van der Waals surface area contributed by atoms with Gasteiger partial charge in [-0.25, -0.2) is 0 Å². The van der Waals surface area contributed by atoms with E-state index in [0.717, 1.165) is 10.9 Å². The third kappa shape index (κ3) is 5.70. The number of carbonyl (C=O) groups is 3. The Hall–Kier alpha value is -2.73. The number of amides is 1. The Labute approximate surface area is 237 Å².